The van der Waals surface area contributed by atoms with Gasteiger partial charge in [-0.2, -0.15) is 0 Å². The summed E-state index contributed by atoms with van der Waals surface area (Å²) in [6, 6.07) is 45.6. The van der Waals surface area contributed by atoms with E-state index in [9.17, 15) is 39.2 Å². The van der Waals surface area contributed by atoms with Crippen molar-refractivity contribution in [3.8, 4) is 46.5 Å². The Morgan fingerprint density at radius 2 is 1.30 bits per heavy atom. The molecule has 0 radical (unpaired) electrons. The van der Waals surface area contributed by atoms with Gasteiger partial charge in [0.1, 0.15) is 52.4 Å². The van der Waals surface area contributed by atoms with Gasteiger partial charge < -0.3 is 52.9 Å². The minimum Gasteiger partial charge on any atom is -0.497 e. The Labute approximate surface area is 518 Å². The first-order valence-corrected chi connectivity index (χ1v) is 29.0. The summed E-state index contributed by atoms with van der Waals surface area (Å²) in [7, 11) is 3.19. The van der Waals surface area contributed by atoms with Gasteiger partial charge in [0, 0.05) is 83.5 Å². The van der Waals surface area contributed by atoms with Crippen LogP contribution in [0.2, 0.25) is 0 Å². The molecule has 3 aliphatic heterocycles. The molecule has 3 atom stereocenters. The van der Waals surface area contributed by atoms with E-state index in [1.54, 1.807) is 96.9 Å². The molecule has 7 aromatic carbocycles. The van der Waals surface area contributed by atoms with E-state index < -0.39 is 75.1 Å². The lowest BCUT2D eigenvalue weighted by molar-refractivity contribution is -0.384. The molecule has 3 unspecified atom stereocenters. The highest BCUT2D eigenvalue weighted by molar-refractivity contribution is 6.01. The van der Waals surface area contributed by atoms with Crippen LogP contribution < -0.4 is 34.3 Å². The molecule has 3 N–H and O–H groups in total. The molecule has 20 nitrogen and oxygen atoms in total. The highest BCUT2D eigenvalue weighted by Gasteiger charge is 2.54. The number of aliphatic hydroxyl groups excluding tert-OH is 1. The van der Waals surface area contributed by atoms with Crippen LogP contribution in [0.25, 0.3) is 10.9 Å². The lowest BCUT2D eigenvalue weighted by atomic mass is 9.77. The molecule has 1 spiro atoms. The number of carbonyl (C=O) groups excluding carboxylic acids is 5. The van der Waals surface area contributed by atoms with Gasteiger partial charge in [-0.3, -0.25) is 34.6 Å². The number of hydrogen-bond donors (Lipinski definition) is 3. The molecule has 11 rings (SSSR count). The summed E-state index contributed by atoms with van der Waals surface area (Å²) in [6.45, 7) is 10.1. The van der Waals surface area contributed by atoms with E-state index in [0.29, 0.717) is 44.7 Å². The van der Waals surface area contributed by atoms with Crippen LogP contribution in [0.1, 0.15) is 120 Å². The van der Waals surface area contributed by atoms with Gasteiger partial charge in [0.15, 0.2) is 5.60 Å². The normalized spacial score (nSPS) is 16.3. The maximum absolute atomic E-state index is 14.0. The predicted octanol–water partition coefficient (Wildman–Crippen LogP) is 10.9. The zero-order valence-electron chi connectivity index (χ0n) is 50.5. The van der Waals surface area contributed by atoms with E-state index in [2.05, 4.69) is 22.6 Å². The average Bonchev–Trinajstić information content (AvgIpc) is 1.44. The first kappa shape index (κ1) is 61.3. The summed E-state index contributed by atoms with van der Waals surface area (Å²) >= 11 is 0. The molecule has 20 heteroatoms. The molecule has 0 saturated carbocycles. The number of non-ortho nitro benzene ring substituents is 1. The fourth-order valence-electron chi connectivity index (χ4n) is 11.1. The van der Waals surface area contributed by atoms with E-state index in [1.165, 1.54) is 42.5 Å². The van der Waals surface area contributed by atoms with Crippen molar-refractivity contribution in [1.29, 1.82) is 0 Å². The fourth-order valence-corrected chi connectivity index (χ4v) is 11.1. The Bertz CT molecular complexity index is 4080. The Morgan fingerprint density at radius 1 is 0.722 bits per heavy atom. The fraction of sp³-hybridized carbons (Fsp3) is 0.271. The summed E-state index contributed by atoms with van der Waals surface area (Å²) in [6.07, 6.45) is -1.06. The smallest absolute Gasteiger partial charge is 0.340 e. The van der Waals surface area contributed by atoms with E-state index in [-0.39, 0.29) is 65.8 Å². The summed E-state index contributed by atoms with van der Waals surface area (Å²) in [5.74, 6) is 2.03. The quantitative estimate of drug-likeness (QED) is 0.0155. The van der Waals surface area contributed by atoms with Crippen LogP contribution in [-0.4, -0.2) is 83.9 Å². The summed E-state index contributed by atoms with van der Waals surface area (Å²) in [5.41, 5.74) is -0.242. The van der Waals surface area contributed by atoms with Crippen molar-refractivity contribution in [3.63, 3.8) is 0 Å². The minimum absolute atomic E-state index is 0.0692. The van der Waals surface area contributed by atoms with Gasteiger partial charge in [-0.05, 0) is 137 Å². The van der Waals surface area contributed by atoms with Gasteiger partial charge in [0.05, 0.1) is 59.3 Å². The second kappa shape index (κ2) is 24.3. The van der Waals surface area contributed by atoms with Crippen LogP contribution >= 0.6 is 0 Å². The van der Waals surface area contributed by atoms with Gasteiger partial charge in [0.25, 0.3) is 11.6 Å². The third-order valence-corrected chi connectivity index (χ3v) is 15.9. The number of aromatic nitrogens is 1. The number of hydrogen-bond acceptors (Lipinski definition) is 16. The van der Waals surface area contributed by atoms with Gasteiger partial charge in [-0.25, -0.2) is 4.79 Å². The number of nitro benzene ring substituents is 1. The zero-order chi connectivity index (χ0) is 63.9. The Balaban J connectivity index is 0.801. The summed E-state index contributed by atoms with van der Waals surface area (Å²) in [5, 5.41) is 29.5. The number of fused-ring (bicyclic) bond motifs is 7. The molecule has 1 saturated heterocycles. The number of esters is 3. The number of ether oxygens (including phenoxy) is 8. The van der Waals surface area contributed by atoms with E-state index >= 15 is 0 Å². The first-order chi connectivity index (χ1) is 43.0. The maximum atomic E-state index is 14.0. The second-order valence-electron chi connectivity index (χ2n) is 24.0. The van der Waals surface area contributed by atoms with E-state index in [4.69, 9.17) is 37.9 Å². The number of amides is 2. The molecule has 0 aliphatic carbocycles. The molecular formula is C70H64N4O16. The number of nitrogens with one attached hydrogen (secondary N) is 2. The van der Waals surface area contributed by atoms with Gasteiger partial charge >= 0.3 is 17.9 Å². The van der Waals surface area contributed by atoms with Crippen molar-refractivity contribution in [2.75, 3.05) is 27.4 Å². The standard InChI is InChI=1S/C70H64N4O16/c1-67(2,3)65(79)86-49-24-27-53-58(36-49)88-59-37-50(87-66(80)68(4,5)6)25-28-54(59)70(53)55-34-41(14-26-51(55)64(78)90-70)63(77)72-33-31-61(76)71-32-30-42-39-73(56-29-19-46(74(81)82)35-52(42)56)62-38-57(75)60(89-62)40-85-69(43-12-10-9-11-13-43,44-15-20-47(83-7)21-16-44)45-17-22-48(84-8)23-18-45/h9-29,34-37,39,57,60,62,75H,31,33,38,40H2,1-8H3,(H,71,76)(H,72,77). The van der Waals surface area contributed by atoms with E-state index in [0.717, 1.165) is 16.7 Å². The average molecular weight is 1220 g/mol. The van der Waals surface area contributed by atoms with Crippen LogP contribution in [0.5, 0.6) is 34.5 Å². The number of rotatable bonds is 16. The molecule has 1 aromatic heterocycles. The van der Waals surface area contributed by atoms with Crippen LogP contribution in [0, 0.1) is 32.9 Å². The molecular weight excluding hydrogens is 1150 g/mol. The molecule has 4 heterocycles. The lowest BCUT2D eigenvalue weighted by Gasteiger charge is -2.37. The molecule has 90 heavy (non-hydrogen) atoms. The van der Waals surface area contributed by atoms with Crippen molar-refractivity contribution in [2.24, 2.45) is 10.8 Å². The number of benzene rings is 7. The number of nitrogens with zero attached hydrogens (tertiary/aromatic N) is 2. The predicted molar refractivity (Wildman–Crippen MR) is 328 cm³/mol. The summed E-state index contributed by atoms with van der Waals surface area (Å²) in [4.78, 5) is 78.7. The molecule has 1 fully saturated rings. The van der Waals surface area contributed by atoms with Crippen molar-refractivity contribution in [1.82, 2.24) is 15.2 Å². The first-order valence-electron chi connectivity index (χ1n) is 29.0. The molecule has 2 amide bonds. The molecule has 0 bridgehead atoms. The molecule has 460 valence electrons. The van der Waals surface area contributed by atoms with Crippen molar-refractivity contribution >= 4 is 46.3 Å². The second-order valence-corrected chi connectivity index (χ2v) is 24.0. The Hall–Kier alpha value is -10.3. The van der Waals surface area contributed by atoms with Crippen LogP contribution in [0.15, 0.2) is 158 Å². The monoisotopic (exact) mass is 1220 g/mol. The third kappa shape index (κ3) is 11.8. The number of methoxy groups -OCH3 is 2. The van der Waals surface area contributed by atoms with Crippen molar-refractivity contribution in [2.45, 2.75) is 84.0 Å². The Kier molecular flexibility index (Phi) is 16.6. The number of aliphatic hydroxyl groups is 1. The largest absolute Gasteiger partial charge is 0.497 e. The maximum Gasteiger partial charge on any atom is 0.340 e. The van der Waals surface area contributed by atoms with Gasteiger partial charge in [0.2, 0.25) is 5.91 Å². The molecule has 3 aliphatic rings. The van der Waals surface area contributed by atoms with Crippen molar-refractivity contribution < 1.29 is 71.9 Å². The van der Waals surface area contributed by atoms with Crippen LogP contribution in [-0.2, 0) is 39.8 Å². The number of carbonyl (C=O) groups is 5. The topological polar surface area (TPSA) is 252 Å². The Morgan fingerprint density at radius 3 is 1.87 bits per heavy atom. The SMILES string of the molecule is COc1ccc(C(OCC2OC(n3cc(C#CNC(=O)CCNC(=O)c4ccc5c(c4)C4(OC5=O)c5ccc(OC(=O)C(C)(C)C)cc5Oc5cc(OC(=O)C(C)(C)C)ccc54)c4cc([N+](=O)[O-])ccc43)CC2O)(c2ccccc2)c2ccc(OC)cc2)cc1. The zero-order valence-corrected chi connectivity index (χ0v) is 50.5. The van der Waals surface area contributed by atoms with Crippen LogP contribution in [0.3, 0.4) is 0 Å². The van der Waals surface area contributed by atoms with Gasteiger partial charge in [-0.15, -0.1) is 0 Å². The van der Waals surface area contributed by atoms with E-state index in [1.807, 2.05) is 78.9 Å². The van der Waals surface area contributed by atoms with Gasteiger partial charge in [-0.1, -0.05) is 54.6 Å². The lowest BCUT2D eigenvalue weighted by Crippen LogP contribution is -2.38. The van der Waals surface area contributed by atoms with Crippen molar-refractivity contribution in [3.05, 3.63) is 218 Å². The molecule has 8 aromatic rings. The third-order valence-electron chi connectivity index (χ3n) is 15.9. The summed E-state index contributed by atoms with van der Waals surface area (Å²) < 4.78 is 50.6. The number of nitro groups is 1. The minimum atomic E-state index is -1.70. The highest BCUT2D eigenvalue weighted by atomic mass is 16.6. The highest BCUT2D eigenvalue weighted by Crippen LogP contribution is 2.57. The van der Waals surface area contributed by atoms with Crippen LogP contribution in [0.4, 0.5) is 5.69 Å².